The van der Waals surface area contributed by atoms with E-state index in [2.05, 4.69) is 0 Å². The number of carbonyl (C=O) groups excluding carboxylic acids is 1. The molecule has 0 saturated heterocycles. The van der Waals surface area contributed by atoms with Gasteiger partial charge in [0, 0.05) is 18.2 Å². The van der Waals surface area contributed by atoms with E-state index in [0.29, 0.717) is 5.56 Å². The van der Waals surface area contributed by atoms with Crippen molar-refractivity contribution < 1.29 is 14.7 Å². The highest BCUT2D eigenvalue weighted by Crippen LogP contribution is 2.13. The number of amides is 1. The Morgan fingerprint density at radius 2 is 1.68 bits per heavy atom. The topological polar surface area (TPSA) is 57.6 Å². The van der Waals surface area contributed by atoms with Crippen molar-refractivity contribution in [3.63, 3.8) is 0 Å². The molecule has 1 aromatic carbocycles. The summed E-state index contributed by atoms with van der Waals surface area (Å²) >= 11 is 0. The first-order valence-electron chi connectivity index (χ1n) is 6.42. The zero-order valence-corrected chi connectivity index (χ0v) is 11.9. The SMILES string of the molecule is Cc1cc(C)cc(C(=O)N(CCC(=O)O)C(C)C)c1. The van der Waals surface area contributed by atoms with Gasteiger partial charge >= 0.3 is 5.97 Å². The van der Waals surface area contributed by atoms with Crippen molar-refractivity contribution in [2.75, 3.05) is 6.54 Å². The first-order valence-corrected chi connectivity index (χ1v) is 6.42. The lowest BCUT2D eigenvalue weighted by molar-refractivity contribution is -0.137. The molecule has 0 atom stereocenters. The van der Waals surface area contributed by atoms with E-state index in [-0.39, 0.29) is 24.9 Å². The number of aliphatic carboxylic acids is 1. The summed E-state index contributed by atoms with van der Waals surface area (Å²) < 4.78 is 0. The Morgan fingerprint density at radius 3 is 2.11 bits per heavy atom. The minimum atomic E-state index is -0.890. The molecule has 4 heteroatoms. The molecule has 1 aromatic rings. The summed E-state index contributed by atoms with van der Waals surface area (Å²) in [5.74, 6) is -0.998. The molecule has 0 aliphatic rings. The third-order valence-electron chi connectivity index (χ3n) is 2.92. The van der Waals surface area contributed by atoms with Gasteiger partial charge in [0.1, 0.15) is 0 Å². The first-order chi connectivity index (χ1) is 8.81. The van der Waals surface area contributed by atoms with E-state index in [1.807, 2.05) is 45.9 Å². The summed E-state index contributed by atoms with van der Waals surface area (Å²) in [5.41, 5.74) is 2.69. The summed E-state index contributed by atoms with van der Waals surface area (Å²) in [4.78, 5) is 24.7. The Bertz CT molecular complexity index is 460. The Kier molecular flexibility index (Phi) is 5.10. The minimum Gasteiger partial charge on any atom is -0.481 e. The maximum Gasteiger partial charge on any atom is 0.305 e. The largest absolute Gasteiger partial charge is 0.481 e. The number of nitrogens with zero attached hydrogens (tertiary/aromatic N) is 1. The van der Waals surface area contributed by atoms with E-state index < -0.39 is 5.97 Å². The van der Waals surface area contributed by atoms with Crippen LogP contribution in [-0.2, 0) is 4.79 Å². The first kappa shape index (κ1) is 15.2. The van der Waals surface area contributed by atoms with Gasteiger partial charge in [-0.05, 0) is 39.8 Å². The molecule has 0 saturated carbocycles. The molecule has 4 nitrogen and oxygen atoms in total. The van der Waals surface area contributed by atoms with Crippen LogP contribution in [0.2, 0.25) is 0 Å². The smallest absolute Gasteiger partial charge is 0.305 e. The van der Waals surface area contributed by atoms with Gasteiger partial charge in [0.15, 0.2) is 0 Å². The fourth-order valence-electron chi connectivity index (χ4n) is 2.07. The Hall–Kier alpha value is -1.84. The molecule has 0 aliphatic heterocycles. The van der Waals surface area contributed by atoms with Gasteiger partial charge in [-0.3, -0.25) is 9.59 Å². The predicted octanol–water partition coefficient (Wildman–Crippen LogP) is 2.63. The molecule has 0 radical (unpaired) electrons. The van der Waals surface area contributed by atoms with Crippen molar-refractivity contribution in [1.82, 2.24) is 4.90 Å². The summed E-state index contributed by atoms with van der Waals surface area (Å²) in [5, 5.41) is 8.75. The molecule has 104 valence electrons. The molecule has 19 heavy (non-hydrogen) atoms. The van der Waals surface area contributed by atoms with Crippen LogP contribution in [0.4, 0.5) is 0 Å². The number of aryl methyl sites for hydroxylation is 2. The fraction of sp³-hybridized carbons (Fsp3) is 0.467. The number of hydrogen-bond acceptors (Lipinski definition) is 2. The summed E-state index contributed by atoms with van der Waals surface area (Å²) in [7, 11) is 0. The van der Waals surface area contributed by atoms with Crippen LogP contribution >= 0.6 is 0 Å². The highest BCUT2D eigenvalue weighted by atomic mass is 16.4. The van der Waals surface area contributed by atoms with Crippen molar-refractivity contribution in [2.24, 2.45) is 0 Å². The number of carboxylic acid groups (broad SMARTS) is 1. The van der Waals surface area contributed by atoms with Crippen LogP contribution in [0.25, 0.3) is 0 Å². The highest BCUT2D eigenvalue weighted by molar-refractivity contribution is 5.95. The highest BCUT2D eigenvalue weighted by Gasteiger charge is 2.19. The van der Waals surface area contributed by atoms with Crippen molar-refractivity contribution in [1.29, 1.82) is 0 Å². The van der Waals surface area contributed by atoms with Crippen LogP contribution in [0, 0.1) is 13.8 Å². The van der Waals surface area contributed by atoms with Crippen LogP contribution in [0.5, 0.6) is 0 Å². The van der Waals surface area contributed by atoms with Gasteiger partial charge < -0.3 is 10.0 Å². The van der Waals surface area contributed by atoms with Crippen molar-refractivity contribution in [2.45, 2.75) is 40.2 Å². The average Bonchev–Trinajstić information content (AvgIpc) is 2.26. The molecule has 1 N–H and O–H groups in total. The van der Waals surface area contributed by atoms with E-state index in [4.69, 9.17) is 5.11 Å². The van der Waals surface area contributed by atoms with E-state index >= 15 is 0 Å². The van der Waals surface area contributed by atoms with Gasteiger partial charge in [-0.15, -0.1) is 0 Å². The zero-order chi connectivity index (χ0) is 14.6. The van der Waals surface area contributed by atoms with Crippen LogP contribution in [0.3, 0.4) is 0 Å². The van der Waals surface area contributed by atoms with E-state index in [1.54, 1.807) is 4.90 Å². The number of carboxylic acids is 1. The van der Waals surface area contributed by atoms with E-state index in [0.717, 1.165) is 11.1 Å². The second-order valence-electron chi connectivity index (χ2n) is 5.11. The van der Waals surface area contributed by atoms with E-state index in [9.17, 15) is 9.59 Å². The number of rotatable bonds is 5. The van der Waals surface area contributed by atoms with Crippen molar-refractivity contribution in [3.05, 3.63) is 34.9 Å². The van der Waals surface area contributed by atoms with Gasteiger partial charge in [-0.2, -0.15) is 0 Å². The molecule has 0 aliphatic carbocycles. The third kappa shape index (κ3) is 4.39. The Labute approximate surface area is 114 Å². The summed E-state index contributed by atoms with van der Waals surface area (Å²) in [6.45, 7) is 7.91. The average molecular weight is 263 g/mol. The van der Waals surface area contributed by atoms with Crippen LogP contribution in [0.15, 0.2) is 18.2 Å². The number of carbonyl (C=O) groups is 2. The van der Waals surface area contributed by atoms with Crippen LogP contribution in [0.1, 0.15) is 41.8 Å². The summed E-state index contributed by atoms with van der Waals surface area (Å²) in [6, 6.07) is 5.66. The van der Waals surface area contributed by atoms with Crippen LogP contribution < -0.4 is 0 Å². The monoisotopic (exact) mass is 263 g/mol. The standard InChI is InChI=1S/C15H21NO3/c1-10(2)16(6-5-14(17)18)15(19)13-8-11(3)7-12(4)9-13/h7-10H,5-6H2,1-4H3,(H,17,18). The molecule has 0 heterocycles. The summed E-state index contributed by atoms with van der Waals surface area (Å²) in [6.07, 6.45) is -0.0330. The second kappa shape index (κ2) is 6.36. The lowest BCUT2D eigenvalue weighted by atomic mass is 10.1. The van der Waals surface area contributed by atoms with Gasteiger partial charge in [0.2, 0.25) is 0 Å². The quantitative estimate of drug-likeness (QED) is 0.888. The molecule has 0 fully saturated rings. The molecule has 0 bridgehead atoms. The lowest BCUT2D eigenvalue weighted by Gasteiger charge is -2.26. The van der Waals surface area contributed by atoms with Gasteiger partial charge in [0.25, 0.3) is 5.91 Å². The minimum absolute atomic E-state index is 0.0207. The van der Waals surface area contributed by atoms with Gasteiger partial charge in [0.05, 0.1) is 6.42 Å². The predicted molar refractivity (Wildman–Crippen MR) is 74.3 cm³/mol. The zero-order valence-electron chi connectivity index (χ0n) is 11.9. The molecular formula is C15H21NO3. The molecule has 0 aromatic heterocycles. The Balaban J connectivity index is 2.95. The molecule has 0 spiro atoms. The molecular weight excluding hydrogens is 242 g/mol. The maximum absolute atomic E-state index is 12.4. The van der Waals surface area contributed by atoms with Crippen LogP contribution in [-0.4, -0.2) is 34.5 Å². The van der Waals surface area contributed by atoms with Crippen molar-refractivity contribution in [3.8, 4) is 0 Å². The lowest BCUT2D eigenvalue weighted by Crippen LogP contribution is -2.38. The maximum atomic E-state index is 12.4. The molecule has 0 unspecified atom stereocenters. The number of hydrogen-bond donors (Lipinski definition) is 1. The molecule has 1 rings (SSSR count). The molecule has 1 amide bonds. The van der Waals surface area contributed by atoms with Crippen molar-refractivity contribution >= 4 is 11.9 Å². The van der Waals surface area contributed by atoms with Gasteiger partial charge in [-0.25, -0.2) is 0 Å². The normalized spacial score (nSPS) is 10.6. The number of benzene rings is 1. The van der Waals surface area contributed by atoms with E-state index in [1.165, 1.54) is 0 Å². The fourth-order valence-corrected chi connectivity index (χ4v) is 2.07. The Morgan fingerprint density at radius 1 is 1.16 bits per heavy atom. The second-order valence-corrected chi connectivity index (χ2v) is 5.11. The van der Waals surface area contributed by atoms with Gasteiger partial charge in [-0.1, -0.05) is 17.2 Å². The third-order valence-corrected chi connectivity index (χ3v) is 2.92.